The van der Waals surface area contributed by atoms with Crippen LogP contribution in [0.4, 0.5) is 4.39 Å². The van der Waals surface area contributed by atoms with Crippen LogP contribution in [0.15, 0.2) is 24.3 Å². The van der Waals surface area contributed by atoms with Crippen molar-refractivity contribution in [2.45, 2.75) is 6.10 Å². The van der Waals surface area contributed by atoms with Crippen LogP contribution in [0.3, 0.4) is 0 Å². The molecule has 0 saturated carbocycles. The van der Waals surface area contributed by atoms with Crippen LogP contribution < -0.4 is 4.74 Å². The number of hydrogen-bond donors (Lipinski definition) is 0. The van der Waals surface area contributed by atoms with Gasteiger partial charge in [0.2, 0.25) is 0 Å². The summed E-state index contributed by atoms with van der Waals surface area (Å²) in [5, 5.41) is 0. The standard InChI is InChI=1S/C14H18FNO4/c1-18-14(17)9-16-5-6-19-13(8-16)10-20-12-4-2-3-11(15)7-12/h2-4,7,13H,5-6,8-10H2,1H3. The third kappa shape index (κ3) is 4.47. The maximum Gasteiger partial charge on any atom is 0.319 e. The molecular formula is C14H18FNO4. The molecule has 1 fully saturated rings. The zero-order valence-electron chi connectivity index (χ0n) is 11.4. The third-order valence-electron chi connectivity index (χ3n) is 3.04. The molecule has 6 heteroatoms. The zero-order valence-corrected chi connectivity index (χ0v) is 11.4. The number of carbonyl (C=O) groups is 1. The van der Waals surface area contributed by atoms with Gasteiger partial charge in [-0.05, 0) is 12.1 Å². The van der Waals surface area contributed by atoms with Crippen molar-refractivity contribution in [3.63, 3.8) is 0 Å². The summed E-state index contributed by atoms with van der Waals surface area (Å²) in [6, 6.07) is 5.98. The first-order valence-electron chi connectivity index (χ1n) is 6.46. The van der Waals surface area contributed by atoms with Crippen molar-refractivity contribution < 1.29 is 23.4 Å². The largest absolute Gasteiger partial charge is 0.491 e. The number of hydrogen-bond acceptors (Lipinski definition) is 5. The molecule has 0 N–H and O–H groups in total. The summed E-state index contributed by atoms with van der Waals surface area (Å²) in [6.45, 7) is 2.38. The van der Waals surface area contributed by atoms with Crippen molar-refractivity contribution in [1.29, 1.82) is 0 Å². The fourth-order valence-electron chi connectivity index (χ4n) is 2.02. The number of morpholine rings is 1. The van der Waals surface area contributed by atoms with Crippen LogP contribution in [0.25, 0.3) is 0 Å². The van der Waals surface area contributed by atoms with E-state index in [0.717, 1.165) is 0 Å². The smallest absolute Gasteiger partial charge is 0.319 e. The average molecular weight is 283 g/mol. The first kappa shape index (κ1) is 14.7. The number of ether oxygens (including phenoxy) is 3. The van der Waals surface area contributed by atoms with Gasteiger partial charge in [0.1, 0.15) is 24.3 Å². The molecule has 0 amide bonds. The van der Waals surface area contributed by atoms with E-state index in [4.69, 9.17) is 9.47 Å². The molecule has 2 rings (SSSR count). The minimum absolute atomic E-state index is 0.142. The van der Waals surface area contributed by atoms with Crippen molar-refractivity contribution in [3.05, 3.63) is 30.1 Å². The van der Waals surface area contributed by atoms with Crippen LogP contribution in [0.5, 0.6) is 5.75 Å². The number of methoxy groups -OCH3 is 1. The van der Waals surface area contributed by atoms with Gasteiger partial charge in [-0.25, -0.2) is 4.39 Å². The summed E-state index contributed by atoms with van der Waals surface area (Å²) in [5.74, 6) is -0.130. The predicted octanol–water partition coefficient (Wildman–Crippen LogP) is 1.08. The van der Waals surface area contributed by atoms with Gasteiger partial charge in [-0.2, -0.15) is 0 Å². The molecule has 1 atom stereocenters. The van der Waals surface area contributed by atoms with Gasteiger partial charge in [-0.15, -0.1) is 0 Å². The second-order valence-corrected chi connectivity index (χ2v) is 4.57. The van der Waals surface area contributed by atoms with Gasteiger partial charge in [-0.1, -0.05) is 6.07 Å². The van der Waals surface area contributed by atoms with Gasteiger partial charge in [0.05, 0.1) is 20.3 Å². The highest BCUT2D eigenvalue weighted by atomic mass is 19.1. The molecule has 0 radical (unpaired) electrons. The van der Waals surface area contributed by atoms with Gasteiger partial charge in [-0.3, -0.25) is 9.69 Å². The summed E-state index contributed by atoms with van der Waals surface area (Å²) in [6.07, 6.45) is -0.142. The number of halogens is 1. The number of nitrogens with zero attached hydrogens (tertiary/aromatic N) is 1. The molecule has 1 aliphatic heterocycles. The Hall–Kier alpha value is -1.66. The van der Waals surface area contributed by atoms with E-state index in [1.165, 1.54) is 19.2 Å². The highest BCUT2D eigenvalue weighted by Crippen LogP contribution is 2.14. The Labute approximate surface area is 117 Å². The van der Waals surface area contributed by atoms with Crippen LogP contribution in [0.2, 0.25) is 0 Å². The van der Waals surface area contributed by atoms with Crippen LogP contribution in [0.1, 0.15) is 0 Å². The molecule has 5 nitrogen and oxygen atoms in total. The third-order valence-corrected chi connectivity index (χ3v) is 3.04. The number of carbonyl (C=O) groups excluding carboxylic acids is 1. The van der Waals surface area contributed by atoms with Gasteiger partial charge in [0.15, 0.2) is 0 Å². The Kier molecular flexibility index (Phi) is 5.31. The maximum absolute atomic E-state index is 13.0. The average Bonchev–Trinajstić information content (AvgIpc) is 2.45. The Morgan fingerprint density at radius 3 is 3.15 bits per heavy atom. The van der Waals surface area contributed by atoms with Crippen LogP contribution in [0, 0.1) is 5.82 Å². The molecule has 110 valence electrons. The van der Waals surface area contributed by atoms with E-state index in [9.17, 15) is 9.18 Å². The first-order valence-corrected chi connectivity index (χ1v) is 6.46. The molecule has 1 aromatic rings. The quantitative estimate of drug-likeness (QED) is 0.757. The highest BCUT2D eigenvalue weighted by molar-refractivity contribution is 5.71. The van der Waals surface area contributed by atoms with E-state index in [0.29, 0.717) is 32.1 Å². The topological polar surface area (TPSA) is 48.0 Å². The summed E-state index contributed by atoms with van der Waals surface area (Å²) >= 11 is 0. The molecule has 0 aliphatic carbocycles. The van der Waals surface area contributed by atoms with Crippen LogP contribution in [-0.2, 0) is 14.3 Å². The second kappa shape index (κ2) is 7.21. The SMILES string of the molecule is COC(=O)CN1CCOC(COc2cccc(F)c2)C1. The van der Waals surface area contributed by atoms with Crippen molar-refractivity contribution in [2.24, 2.45) is 0 Å². The van der Waals surface area contributed by atoms with Gasteiger partial charge in [0.25, 0.3) is 0 Å². The van der Waals surface area contributed by atoms with Gasteiger partial charge >= 0.3 is 5.97 Å². The monoisotopic (exact) mass is 283 g/mol. The molecule has 1 unspecified atom stereocenters. The number of benzene rings is 1. The van der Waals surface area contributed by atoms with E-state index in [2.05, 4.69) is 4.74 Å². The second-order valence-electron chi connectivity index (χ2n) is 4.57. The molecule has 1 heterocycles. The Morgan fingerprint density at radius 1 is 1.55 bits per heavy atom. The molecule has 20 heavy (non-hydrogen) atoms. The Morgan fingerprint density at radius 2 is 2.40 bits per heavy atom. The Bertz CT molecular complexity index is 455. The molecular weight excluding hydrogens is 265 g/mol. The molecule has 1 saturated heterocycles. The fourth-order valence-corrected chi connectivity index (χ4v) is 2.02. The van der Waals surface area contributed by atoms with E-state index >= 15 is 0 Å². The lowest BCUT2D eigenvalue weighted by Crippen LogP contribution is -2.46. The minimum atomic E-state index is -0.334. The van der Waals surface area contributed by atoms with Crippen molar-refractivity contribution >= 4 is 5.97 Å². The minimum Gasteiger partial charge on any atom is -0.491 e. The zero-order chi connectivity index (χ0) is 14.4. The summed E-state index contributed by atoms with van der Waals surface area (Å²) in [4.78, 5) is 13.2. The predicted molar refractivity (Wildman–Crippen MR) is 70.1 cm³/mol. The maximum atomic E-state index is 13.0. The lowest BCUT2D eigenvalue weighted by atomic mass is 10.3. The summed E-state index contributed by atoms with van der Waals surface area (Å²) in [5.41, 5.74) is 0. The lowest BCUT2D eigenvalue weighted by molar-refractivity contribution is -0.144. The number of rotatable bonds is 5. The molecule has 0 aromatic heterocycles. The van der Waals surface area contributed by atoms with E-state index in [1.807, 2.05) is 4.90 Å². The van der Waals surface area contributed by atoms with E-state index in [-0.39, 0.29) is 24.4 Å². The Balaban J connectivity index is 1.79. The lowest BCUT2D eigenvalue weighted by Gasteiger charge is -2.31. The first-order chi connectivity index (χ1) is 9.67. The fraction of sp³-hybridized carbons (Fsp3) is 0.500. The van der Waals surface area contributed by atoms with E-state index in [1.54, 1.807) is 12.1 Å². The van der Waals surface area contributed by atoms with E-state index < -0.39 is 0 Å². The van der Waals surface area contributed by atoms with Crippen LogP contribution in [-0.4, -0.2) is 56.9 Å². The summed E-state index contributed by atoms with van der Waals surface area (Å²) in [7, 11) is 1.37. The van der Waals surface area contributed by atoms with Crippen LogP contribution >= 0.6 is 0 Å². The van der Waals surface area contributed by atoms with Crippen molar-refractivity contribution in [1.82, 2.24) is 4.90 Å². The van der Waals surface area contributed by atoms with Crippen molar-refractivity contribution in [2.75, 3.05) is 40.0 Å². The molecule has 0 spiro atoms. The van der Waals surface area contributed by atoms with Gasteiger partial charge in [0, 0.05) is 19.2 Å². The molecule has 0 bridgehead atoms. The summed E-state index contributed by atoms with van der Waals surface area (Å²) < 4.78 is 28.7. The van der Waals surface area contributed by atoms with Gasteiger partial charge < -0.3 is 14.2 Å². The number of esters is 1. The molecule has 1 aliphatic rings. The molecule has 1 aromatic carbocycles. The normalized spacial score (nSPS) is 19.6. The van der Waals surface area contributed by atoms with Crippen molar-refractivity contribution in [3.8, 4) is 5.75 Å². The highest BCUT2D eigenvalue weighted by Gasteiger charge is 2.22.